The fraction of sp³-hybridized carbons (Fsp3) is 1.00. The van der Waals surface area contributed by atoms with Crippen LogP contribution >= 0.6 is 24.8 Å². The number of hydrogen-bond donors (Lipinski definition) is 1. The molecule has 86 valence electrons. The van der Waals surface area contributed by atoms with E-state index in [4.69, 9.17) is 4.74 Å². The first-order valence-corrected chi connectivity index (χ1v) is 4.82. The molecule has 3 nitrogen and oxygen atoms in total. The molecule has 0 aromatic rings. The van der Waals surface area contributed by atoms with Gasteiger partial charge in [0.2, 0.25) is 0 Å². The Kier molecular flexibility index (Phi) is 6.33. The first-order valence-electron chi connectivity index (χ1n) is 4.82. The smallest absolute Gasteiger partial charge is 0.0589 e. The molecule has 2 rings (SSSR count). The maximum Gasteiger partial charge on any atom is 0.0589 e. The average molecular weight is 243 g/mol. The van der Waals surface area contributed by atoms with Gasteiger partial charge in [-0.15, -0.1) is 24.8 Å². The minimum atomic E-state index is 0. The van der Waals surface area contributed by atoms with E-state index in [9.17, 15) is 0 Å². The first-order chi connectivity index (χ1) is 5.87. The third-order valence-corrected chi connectivity index (χ3v) is 3.21. The number of nitrogens with one attached hydrogen (secondary N) is 1. The summed E-state index contributed by atoms with van der Waals surface area (Å²) in [6, 6.07) is 0. The van der Waals surface area contributed by atoms with Gasteiger partial charge < -0.3 is 10.1 Å². The molecule has 0 amide bonds. The third kappa shape index (κ3) is 2.52. The van der Waals surface area contributed by atoms with E-state index in [1.54, 1.807) is 7.11 Å². The molecule has 2 aliphatic rings. The average Bonchev–Trinajstić information content (AvgIpc) is 2.42. The highest BCUT2D eigenvalue weighted by molar-refractivity contribution is 5.85. The van der Waals surface area contributed by atoms with Crippen molar-refractivity contribution < 1.29 is 4.74 Å². The van der Waals surface area contributed by atoms with Crippen molar-refractivity contribution in [3.8, 4) is 0 Å². The Morgan fingerprint density at radius 2 is 2.07 bits per heavy atom. The van der Waals surface area contributed by atoms with Crippen LogP contribution in [-0.2, 0) is 4.74 Å². The molecule has 2 saturated heterocycles. The van der Waals surface area contributed by atoms with Crippen molar-refractivity contribution in [2.75, 3.05) is 39.9 Å². The Balaban J connectivity index is 0.000000845. The quantitative estimate of drug-likeness (QED) is 0.797. The number of halogens is 2. The number of nitrogens with zero attached hydrogens (tertiary/aromatic N) is 1. The van der Waals surface area contributed by atoms with Crippen LogP contribution in [0.5, 0.6) is 0 Å². The topological polar surface area (TPSA) is 24.5 Å². The molecule has 0 atom stereocenters. The van der Waals surface area contributed by atoms with Crippen molar-refractivity contribution in [3.05, 3.63) is 0 Å². The molecule has 0 bridgehead atoms. The van der Waals surface area contributed by atoms with Crippen LogP contribution in [0, 0.1) is 0 Å². The predicted octanol–water partition coefficient (Wildman–Crippen LogP) is 0.914. The molecule has 0 aromatic carbocycles. The Hall–Kier alpha value is 0.460. The number of hydrogen-bond acceptors (Lipinski definition) is 3. The van der Waals surface area contributed by atoms with E-state index in [-0.39, 0.29) is 24.8 Å². The van der Waals surface area contributed by atoms with Crippen molar-refractivity contribution in [2.45, 2.75) is 18.4 Å². The van der Waals surface area contributed by atoms with Gasteiger partial charge in [-0.25, -0.2) is 0 Å². The molecule has 0 radical (unpaired) electrons. The van der Waals surface area contributed by atoms with Gasteiger partial charge in [0.05, 0.1) is 6.61 Å². The summed E-state index contributed by atoms with van der Waals surface area (Å²) in [7, 11) is 1.78. The minimum absolute atomic E-state index is 0. The van der Waals surface area contributed by atoms with Crippen molar-refractivity contribution >= 4 is 24.8 Å². The van der Waals surface area contributed by atoms with Crippen molar-refractivity contribution in [1.29, 1.82) is 0 Å². The van der Waals surface area contributed by atoms with Crippen LogP contribution in [0.25, 0.3) is 0 Å². The molecule has 1 N–H and O–H groups in total. The van der Waals surface area contributed by atoms with Crippen LogP contribution < -0.4 is 5.32 Å². The van der Waals surface area contributed by atoms with E-state index in [0.29, 0.717) is 5.54 Å². The van der Waals surface area contributed by atoms with E-state index in [0.717, 1.165) is 13.2 Å². The summed E-state index contributed by atoms with van der Waals surface area (Å²) in [6.45, 7) is 5.64. The van der Waals surface area contributed by atoms with Gasteiger partial charge in [0.15, 0.2) is 0 Å². The van der Waals surface area contributed by atoms with Gasteiger partial charge in [0.1, 0.15) is 0 Å². The van der Waals surface area contributed by atoms with Gasteiger partial charge in [-0.3, -0.25) is 4.90 Å². The van der Waals surface area contributed by atoms with E-state index in [2.05, 4.69) is 10.2 Å². The van der Waals surface area contributed by atoms with Crippen LogP contribution in [0.3, 0.4) is 0 Å². The number of likely N-dealkylation sites (tertiary alicyclic amines) is 1. The molecule has 5 heteroatoms. The zero-order valence-corrected chi connectivity index (χ0v) is 10.3. The monoisotopic (exact) mass is 242 g/mol. The molecule has 2 aliphatic heterocycles. The summed E-state index contributed by atoms with van der Waals surface area (Å²) < 4.78 is 5.10. The molecule has 2 fully saturated rings. The molecule has 0 saturated carbocycles. The zero-order valence-electron chi connectivity index (χ0n) is 8.62. The Labute approximate surface area is 98.4 Å². The summed E-state index contributed by atoms with van der Waals surface area (Å²) in [5, 5.41) is 3.37. The lowest BCUT2D eigenvalue weighted by Crippen LogP contribution is -2.66. The van der Waals surface area contributed by atoms with Crippen molar-refractivity contribution in [1.82, 2.24) is 10.2 Å². The second-order valence-corrected chi connectivity index (χ2v) is 3.91. The van der Waals surface area contributed by atoms with Crippen LogP contribution in [-0.4, -0.2) is 50.3 Å². The molecule has 0 unspecified atom stereocenters. The van der Waals surface area contributed by atoms with Gasteiger partial charge in [-0.1, -0.05) is 0 Å². The highest BCUT2D eigenvalue weighted by Gasteiger charge is 2.44. The van der Waals surface area contributed by atoms with Crippen LogP contribution in [0.2, 0.25) is 0 Å². The molecular formula is C9H20Cl2N2O. The number of ether oxygens (including phenoxy) is 1. The standard InChI is InChI=1S/C9H18N2O.2ClH/c1-12-6-5-11-4-2-3-9(11)7-10-8-9;;/h10H,2-8H2,1H3;2*1H. The highest BCUT2D eigenvalue weighted by atomic mass is 35.5. The summed E-state index contributed by atoms with van der Waals surface area (Å²) in [6.07, 6.45) is 2.75. The Morgan fingerprint density at radius 1 is 1.36 bits per heavy atom. The SMILES string of the molecule is COCCN1CCCC12CNC2.Cl.Cl. The van der Waals surface area contributed by atoms with Gasteiger partial charge in [-0.2, -0.15) is 0 Å². The number of methoxy groups -OCH3 is 1. The van der Waals surface area contributed by atoms with E-state index < -0.39 is 0 Å². The number of rotatable bonds is 3. The van der Waals surface area contributed by atoms with E-state index >= 15 is 0 Å². The molecule has 1 spiro atoms. The summed E-state index contributed by atoms with van der Waals surface area (Å²) >= 11 is 0. The fourth-order valence-electron chi connectivity index (χ4n) is 2.36. The van der Waals surface area contributed by atoms with E-state index in [1.807, 2.05) is 0 Å². The third-order valence-electron chi connectivity index (χ3n) is 3.21. The largest absolute Gasteiger partial charge is 0.383 e. The van der Waals surface area contributed by atoms with E-state index in [1.165, 1.54) is 32.5 Å². The molecule has 0 aliphatic carbocycles. The maximum atomic E-state index is 5.10. The fourth-order valence-corrected chi connectivity index (χ4v) is 2.36. The van der Waals surface area contributed by atoms with Gasteiger partial charge in [0, 0.05) is 32.3 Å². The Morgan fingerprint density at radius 3 is 2.57 bits per heavy atom. The van der Waals surface area contributed by atoms with Gasteiger partial charge in [-0.05, 0) is 19.4 Å². The summed E-state index contributed by atoms with van der Waals surface area (Å²) in [5.41, 5.74) is 0.526. The lowest BCUT2D eigenvalue weighted by Gasteiger charge is -2.46. The summed E-state index contributed by atoms with van der Waals surface area (Å²) in [5.74, 6) is 0. The molecule has 0 aromatic heterocycles. The van der Waals surface area contributed by atoms with Crippen LogP contribution in [0.1, 0.15) is 12.8 Å². The lowest BCUT2D eigenvalue weighted by molar-refractivity contribution is 0.0525. The van der Waals surface area contributed by atoms with Crippen LogP contribution in [0.4, 0.5) is 0 Å². The maximum absolute atomic E-state index is 5.10. The van der Waals surface area contributed by atoms with Crippen molar-refractivity contribution in [2.24, 2.45) is 0 Å². The minimum Gasteiger partial charge on any atom is -0.383 e. The second-order valence-electron chi connectivity index (χ2n) is 3.91. The molecular weight excluding hydrogens is 223 g/mol. The van der Waals surface area contributed by atoms with Crippen LogP contribution in [0.15, 0.2) is 0 Å². The summed E-state index contributed by atoms with van der Waals surface area (Å²) in [4.78, 5) is 2.59. The van der Waals surface area contributed by atoms with Gasteiger partial charge >= 0.3 is 0 Å². The first kappa shape index (κ1) is 14.5. The molecule has 14 heavy (non-hydrogen) atoms. The van der Waals surface area contributed by atoms with Gasteiger partial charge in [0.25, 0.3) is 0 Å². The normalized spacial score (nSPS) is 23.8. The van der Waals surface area contributed by atoms with Crippen molar-refractivity contribution in [3.63, 3.8) is 0 Å². The highest BCUT2D eigenvalue weighted by Crippen LogP contribution is 2.31. The Bertz CT molecular complexity index is 165. The zero-order chi connectivity index (χ0) is 8.44. The second kappa shape index (κ2) is 6.13. The predicted molar refractivity (Wildman–Crippen MR) is 62.8 cm³/mol. The molecule has 2 heterocycles. The lowest BCUT2D eigenvalue weighted by atomic mass is 9.89.